The van der Waals surface area contributed by atoms with Crippen molar-refractivity contribution >= 4 is 14.8 Å². The summed E-state index contributed by atoms with van der Waals surface area (Å²) in [6.07, 6.45) is 0. The van der Waals surface area contributed by atoms with E-state index in [9.17, 15) is 0 Å². The zero-order chi connectivity index (χ0) is 2.12. The Kier molecular flexibility index (Phi) is 2.29. The normalized spacial score (nSPS) is 14.0. The molecule has 15 valence electrons. The van der Waals surface area contributed by atoms with Gasteiger partial charge < -0.3 is 5.67 Å². The van der Waals surface area contributed by atoms with Crippen LogP contribution in [0.15, 0.2) is 0 Å². The molecule has 4 heavy (non-hydrogen) atoms. The van der Waals surface area contributed by atoms with Crippen LogP contribution in [0.1, 0.15) is 0 Å². The molecule has 0 saturated heterocycles. The molecule has 1 radical (unpaired) electrons. The Bertz CT molecular complexity index is 29.0. The molecule has 0 N–H and O–H groups in total. The summed E-state index contributed by atoms with van der Waals surface area (Å²) in [6.45, 7) is 0. The van der Waals surface area contributed by atoms with Crippen molar-refractivity contribution in [2.24, 2.45) is 0 Å². The van der Waals surface area contributed by atoms with Gasteiger partial charge in [0.25, 0.3) is 0 Å². The Hall–Kier alpha value is 0.684. The van der Waals surface area contributed by atoms with Gasteiger partial charge in [0.05, 0.1) is 0 Å². The number of hydrogen-bond acceptors (Lipinski definition) is 0. The largest absolute Gasteiger partial charge is 1.00 e. The summed E-state index contributed by atoms with van der Waals surface area (Å²) >= 11 is 0. The molecule has 0 nitrogen and oxygen atoms in total. The molecule has 0 aromatic carbocycles. The van der Waals surface area contributed by atoms with Crippen LogP contribution in [0.4, 0.5) is 0 Å². The second-order valence-corrected chi connectivity index (χ2v) is 1.59. The van der Waals surface area contributed by atoms with Crippen LogP contribution in [0, 0.1) is 0 Å². The van der Waals surface area contributed by atoms with E-state index in [0.717, 1.165) is 9.13 Å². The summed E-state index contributed by atoms with van der Waals surface area (Å²) in [5, 5.41) is 0. The molecule has 0 spiro atoms. The van der Waals surface area contributed by atoms with Gasteiger partial charge in [0, 0.05) is 0 Å². The SMILES string of the molecule is [C-]1=[Si]C1.[Li+]. The van der Waals surface area contributed by atoms with Gasteiger partial charge in [-0.2, -0.15) is 0 Å². The molecule has 1 rings (SSSR count). The smallest absolute Gasteiger partial charge is 0.515 e. The summed E-state index contributed by atoms with van der Waals surface area (Å²) in [5.74, 6) is 0. The van der Waals surface area contributed by atoms with Gasteiger partial charge in [0.1, 0.15) is 0 Å². The van der Waals surface area contributed by atoms with Gasteiger partial charge in [0.15, 0.2) is 0 Å². The fourth-order valence-electron chi connectivity index (χ4n) is 0. The van der Waals surface area contributed by atoms with Crippen LogP contribution in [0.25, 0.3) is 0 Å². The van der Waals surface area contributed by atoms with E-state index in [4.69, 9.17) is 0 Å². The van der Waals surface area contributed by atoms with E-state index in [-0.39, 0.29) is 18.9 Å². The van der Waals surface area contributed by atoms with Crippen molar-refractivity contribution in [1.29, 1.82) is 0 Å². The van der Waals surface area contributed by atoms with Gasteiger partial charge in [-0.25, -0.2) is 6.04 Å². The molecular formula is C2H2LiSi. The van der Waals surface area contributed by atoms with Crippen molar-refractivity contribution in [2.45, 2.75) is 6.04 Å². The van der Waals surface area contributed by atoms with E-state index in [0.29, 0.717) is 0 Å². The van der Waals surface area contributed by atoms with Gasteiger partial charge in [-0.1, -0.05) is 0 Å². The van der Waals surface area contributed by atoms with Crippen LogP contribution < -0.4 is 18.9 Å². The third-order valence-electron chi connectivity index (χ3n) is 0.177. The molecule has 0 fully saturated rings. The minimum atomic E-state index is 0. The monoisotopic (exact) mass is 61.0 g/mol. The maximum absolute atomic E-state index is 3.03. The topological polar surface area (TPSA) is 0 Å². The predicted octanol–water partition coefficient (Wildman–Crippen LogP) is -3.19. The predicted molar refractivity (Wildman–Crippen MR) is 15.6 cm³/mol. The van der Waals surface area contributed by atoms with Crippen LogP contribution in [0.2, 0.25) is 6.04 Å². The Balaban J connectivity index is 0.0000000900. The van der Waals surface area contributed by atoms with E-state index in [1.54, 1.807) is 0 Å². The summed E-state index contributed by atoms with van der Waals surface area (Å²) in [5.41, 5.74) is 3.03. The third-order valence-corrected chi connectivity index (χ3v) is 0.530. The standard InChI is InChI=1S/C2H2Si.Li/c1-2-3-1;/h1H2;/q-1;+1. The van der Waals surface area contributed by atoms with Gasteiger partial charge in [-0.05, 0) is 0 Å². The fourth-order valence-corrected chi connectivity index (χ4v) is 0. The Morgan fingerprint density at radius 3 is 2.00 bits per heavy atom. The second-order valence-electron chi connectivity index (χ2n) is 0.530. The molecule has 1 aliphatic rings. The van der Waals surface area contributed by atoms with Crippen molar-refractivity contribution in [3.8, 4) is 0 Å². The number of rotatable bonds is 0. The maximum atomic E-state index is 3.03. The average Bonchev–Trinajstić information content (AvgIpc) is 1.46. The van der Waals surface area contributed by atoms with Gasteiger partial charge >= 0.3 is 18.9 Å². The van der Waals surface area contributed by atoms with Gasteiger partial charge in [-0.3, -0.25) is 9.13 Å². The molecule has 1 heterocycles. The van der Waals surface area contributed by atoms with E-state index in [1.807, 2.05) is 0 Å². The summed E-state index contributed by atoms with van der Waals surface area (Å²) in [7, 11) is 1.08. The quantitative estimate of drug-likeness (QED) is 0.204. The molecular weight excluding hydrogens is 59.0 g/mol. The van der Waals surface area contributed by atoms with Crippen LogP contribution in [-0.2, 0) is 0 Å². The first-order valence-electron chi connectivity index (χ1n) is 0.957. The second kappa shape index (κ2) is 1.96. The van der Waals surface area contributed by atoms with Crippen molar-refractivity contribution < 1.29 is 18.9 Å². The van der Waals surface area contributed by atoms with Gasteiger partial charge in [0.2, 0.25) is 0 Å². The first kappa shape index (κ1) is 4.68. The Morgan fingerprint density at radius 2 is 2.00 bits per heavy atom. The summed E-state index contributed by atoms with van der Waals surface area (Å²) < 4.78 is 0. The third kappa shape index (κ3) is 2.68. The molecule has 0 saturated carbocycles. The van der Waals surface area contributed by atoms with E-state index < -0.39 is 0 Å². The molecule has 2 heteroatoms. The Labute approximate surface area is 40.2 Å². The minimum Gasteiger partial charge on any atom is -0.515 e. The Morgan fingerprint density at radius 1 is 1.75 bits per heavy atom. The van der Waals surface area contributed by atoms with Crippen LogP contribution in [0.3, 0.4) is 0 Å². The fraction of sp³-hybridized carbons (Fsp3) is 0.500. The first-order valence-corrected chi connectivity index (χ1v) is 2.16. The zero-order valence-corrected chi connectivity index (χ0v) is 3.71. The van der Waals surface area contributed by atoms with Crippen molar-refractivity contribution in [1.82, 2.24) is 0 Å². The molecule has 0 amide bonds. The number of hydrogen-bond donors (Lipinski definition) is 0. The molecule has 0 bridgehead atoms. The van der Waals surface area contributed by atoms with Crippen LogP contribution >= 0.6 is 0 Å². The van der Waals surface area contributed by atoms with Crippen molar-refractivity contribution in [2.75, 3.05) is 0 Å². The minimum absolute atomic E-state index is 0. The van der Waals surface area contributed by atoms with E-state index in [1.165, 1.54) is 6.04 Å². The average molecular weight is 61.1 g/mol. The molecule has 1 aliphatic heterocycles. The first-order chi connectivity index (χ1) is 1.50. The molecule has 0 atom stereocenters. The molecule has 0 aromatic rings. The van der Waals surface area contributed by atoms with Crippen molar-refractivity contribution in [3.05, 3.63) is 0 Å². The van der Waals surface area contributed by atoms with Crippen molar-refractivity contribution in [3.63, 3.8) is 0 Å². The maximum Gasteiger partial charge on any atom is 1.00 e. The van der Waals surface area contributed by atoms with Crippen LogP contribution in [0.5, 0.6) is 0 Å². The van der Waals surface area contributed by atoms with E-state index in [2.05, 4.69) is 5.67 Å². The van der Waals surface area contributed by atoms with E-state index >= 15 is 0 Å². The molecule has 0 aliphatic carbocycles. The molecule has 0 aromatic heterocycles. The summed E-state index contributed by atoms with van der Waals surface area (Å²) in [4.78, 5) is 0. The van der Waals surface area contributed by atoms with Crippen LogP contribution in [-0.4, -0.2) is 14.8 Å². The zero-order valence-electron chi connectivity index (χ0n) is 2.71. The molecule has 0 unspecified atom stereocenters. The summed E-state index contributed by atoms with van der Waals surface area (Å²) in [6, 6.07) is 1.28. The van der Waals surface area contributed by atoms with Gasteiger partial charge in [-0.15, -0.1) is 0 Å².